The van der Waals surface area contributed by atoms with Crippen LogP contribution in [0.5, 0.6) is 0 Å². The van der Waals surface area contributed by atoms with Gasteiger partial charge >= 0.3 is 14.0 Å². The molecule has 2 aromatic carbocycles. The zero-order valence-electron chi connectivity index (χ0n) is 25.7. The number of hydrogen-bond acceptors (Lipinski definition) is 5. The highest BCUT2D eigenvalue weighted by Crippen LogP contribution is 2.40. The van der Waals surface area contributed by atoms with Crippen molar-refractivity contribution in [1.29, 1.82) is 0 Å². The van der Waals surface area contributed by atoms with Gasteiger partial charge in [-0.25, -0.2) is 14.1 Å². The predicted octanol–water partition coefficient (Wildman–Crippen LogP) is 5.66. The summed E-state index contributed by atoms with van der Waals surface area (Å²) in [6.45, 7) is 8.89. The number of anilines is 2. The van der Waals surface area contributed by atoms with Crippen LogP contribution in [0.3, 0.4) is 0 Å². The quantitative estimate of drug-likeness (QED) is 0.243. The van der Waals surface area contributed by atoms with Gasteiger partial charge in [0.05, 0.1) is 56.1 Å². The maximum atomic E-state index is 14.0. The molecule has 0 radical (unpaired) electrons. The number of carbonyl (C=O) groups excluding carboxylic acids is 1. The van der Waals surface area contributed by atoms with Gasteiger partial charge in [-0.1, -0.05) is 35.9 Å². The summed E-state index contributed by atoms with van der Waals surface area (Å²) in [6.07, 6.45) is -2.93. The molecule has 1 aromatic heterocycles. The molecule has 4 rings (SSSR count). The van der Waals surface area contributed by atoms with Crippen molar-refractivity contribution >= 4 is 25.2 Å². The van der Waals surface area contributed by atoms with Crippen molar-refractivity contribution in [3.05, 3.63) is 77.0 Å². The van der Waals surface area contributed by atoms with Crippen LogP contribution in [-0.2, 0) is 25.5 Å². The summed E-state index contributed by atoms with van der Waals surface area (Å²) in [4.78, 5) is 40.5. The number of pyridine rings is 1. The predicted molar refractivity (Wildman–Crippen MR) is 163 cm³/mol. The molecular formula is C31H39F3N4O5P+. The summed E-state index contributed by atoms with van der Waals surface area (Å²) in [5.41, 5.74) is 1.70. The molecule has 0 aliphatic carbocycles. The van der Waals surface area contributed by atoms with E-state index in [0.717, 1.165) is 28.8 Å². The summed E-state index contributed by atoms with van der Waals surface area (Å²) < 4.78 is 57.1. The monoisotopic (exact) mass is 635 g/mol. The second-order valence-corrected chi connectivity index (χ2v) is 13.5. The minimum atomic E-state index is -4.58. The van der Waals surface area contributed by atoms with E-state index in [0.29, 0.717) is 47.7 Å². The molecule has 3 aromatic rings. The molecule has 0 spiro atoms. The Kier molecular flexibility index (Phi) is 9.36. The average molecular weight is 636 g/mol. The van der Waals surface area contributed by atoms with Crippen molar-refractivity contribution in [3.8, 4) is 11.1 Å². The third kappa shape index (κ3) is 7.50. The highest BCUT2D eigenvalue weighted by Gasteiger charge is 2.38. The Hall–Kier alpha value is -3.28. The zero-order chi connectivity index (χ0) is 32.7. The number of quaternary nitrogens is 1. The van der Waals surface area contributed by atoms with Crippen molar-refractivity contribution in [1.82, 2.24) is 4.98 Å². The molecule has 0 saturated carbocycles. The molecule has 2 heterocycles. The molecule has 238 valence electrons. The van der Waals surface area contributed by atoms with Gasteiger partial charge in [-0.05, 0) is 62.6 Å². The smallest absolute Gasteiger partial charge is 0.345 e. The van der Waals surface area contributed by atoms with Gasteiger partial charge in [-0.15, -0.1) is 0 Å². The number of piperazine rings is 1. The first kappa shape index (κ1) is 33.6. The minimum absolute atomic E-state index is 0.118. The third-order valence-electron chi connectivity index (χ3n) is 8.31. The topological polar surface area (TPSA) is 103 Å². The van der Waals surface area contributed by atoms with E-state index >= 15 is 0 Å². The number of likely N-dealkylation sites (N-methyl/N-ethyl adjacent to an activating group) is 2. The fourth-order valence-electron chi connectivity index (χ4n) is 5.45. The summed E-state index contributed by atoms with van der Waals surface area (Å²) in [5.74, 6) is 0.277. The number of aryl methyl sites for hydroxylation is 2. The number of alkyl halides is 3. The molecule has 1 saturated heterocycles. The van der Waals surface area contributed by atoms with Gasteiger partial charge in [0.15, 0.2) is 6.73 Å². The van der Waals surface area contributed by atoms with Gasteiger partial charge in [-0.2, -0.15) is 13.2 Å². The van der Waals surface area contributed by atoms with Crippen molar-refractivity contribution in [2.24, 2.45) is 0 Å². The van der Waals surface area contributed by atoms with Gasteiger partial charge in [0.25, 0.3) is 0 Å². The van der Waals surface area contributed by atoms with Gasteiger partial charge in [0, 0.05) is 12.6 Å². The van der Waals surface area contributed by atoms with E-state index in [1.54, 1.807) is 40.1 Å². The number of carbonyl (C=O) groups is 1. The Morgan fingerprint density at radius 2 is 1.66 bits per heavy atom. The van der Waals surface area contributed by atoms with Gasteiger partial charge < -0.3 is 24.1 Å². The lowest BCUT2D eigenvalue weighted by Gasteiger charge is -2.42. The molecule has 0 atom stereocenters. The lowest BCUT2D eigenvalue weighted by molar-refractivity contribution is -0.925. The van der Waals surface area contributed by atoms with E-state index in [9.17, 15) is 22.5 Å². The molecule has 0 bridgehead atoms. The van der Waals surface area contributed by atoms with E-state index < -0.39 is 30.9 Å². The molecule has 9 nitrogen and oxygen atoms in total. The van der Waals surface area contributed by atoms with Gasteiger partial charge in [0.1, 0.15) is 5.82 Å². The number of amides is 1. The van der Waals surface area contributed by atoms with Crippen LogP contribution in [-0.4, -0.2) is 72.2 Å². The van der Waals surface area contributed by atoms with Crippen molar-refractivity contribution in [2.45, 2.75) is 39.3 Å². The second kappa shape index (κ2) is 12.3. The fourth-order valence-corrected chi connectivity index (χ4v) is 5.88. The van der Waals surface area contributed by atoms with E-state index in [1.165, 1.54) is 4.90 Å². The minimum Gasteiger partial charge on any atom is -0.345 e. The molecular weight excluding hydrogens is 596 g/mol. The molecule has 13 heteroatoms. The zero-order valence-corrected chi connectivity index (χ0v) is 26.6. The number of halogens is 3. The lowest BCUT2D eigenvalue weighted by Crippen LogP contribution is -2.58. The fraction of sp³-hybridized carbons (Fsp3) is 0.419. The van der Waals surface area contributed by atoms with Crippen LogP contribution in [0.25, 0.3) is 11.1 Å². The summed E-state index contributed by atoms with van der Waals surface area (Å²) in [5, 5.41) is 0. The first-order valence-corrected chi connectivity index (χ1v) is 15.7. The van der Waals surface area contributed by atoms with Crippen LogP contribution in [0, 0.1) is 13.8 Å². The molecule has 1 amide bonds. The van der Waals surface area contributed by atoms with E-state index in [4.69, 9.17) is 19.3 Å². The normalized spacial score (nSPS) is 15.8. The second-order valence-electron chi connectivity index (χ2n) is 12.3. The molecule has 1 fully saturated rings. The Balaban J connectivity index is 1.68. The third-order valence-corrected chi connectivity index (χ3v) is 8.76. The maximum Gasteiger partial charge on any atom is 0.474 e. The first-order chi connectivity index (χ1) is 20.3. The number of phosphoric ester groups is 1. The molecule has 1 aliphatic heterocycles. The lowest BCUT2D eigenvalue weighted by atomic mass is 9.81. The largest absolute Gasteiger partial charge is 0.474 e. The molecule has 1 aliphatic rings. The summed E-state index contributed by atoms with van der Waals surface area (Å²) in [7, 11) is -1.11. The number of aromatic nitrogens is 1. The van der Waals surface area contributed by atoms with E-state index in [2.05, 4.69) is 4.90 Å². The SMILES string of the molecule is Cc1cc(C(F)(F)F)cc(C(C)(C)C(=O)N(C)c2cnc(N3CC[N+](C)(COP(=O)(O)O)CC3)cc2-c2ccccc2C)c1. The van der Waals surface area contributed by atoms with E-state index in [-0.39, 0.29) is 12.3 Å². The van der Waals surface area contributed by atoms with Crippen molar-refractivity contribution < 1.29 is 41.3 Å². The standard InChI is InChI=1S/C31H38F3N4O5P/c1-21-15-23(17-24(16-21)31(32,33)34)30(3,4)29(39)36(5)27-19-35-28(18-26(27)25-10-8-7-9-22(25)2)37-11-13-38(6,14-12-37)20-43-44(40,41)42/h7-10,15-19H,11-14,20H2,1-6H3,(H-,40,41,42)/p+1. The van der Waals surface area contributed by atoms with Crippen LogP contribution in [0.4, 0.5) is 24.7 Å². The van der Waals surface area contributed by atoms with Gasteiger partial charge in [0.2, 0.25) is 5.91 Å². The Bertz CT molecular complexity index is 1580. The van der Waals surface area contributed by atoms with Crippen LogP contribution in [0.15, 0.2) is 54.7 Å². The highest BCUT2D eigenvalue weighted by molar-refractivity contribution is 7.46. The number of nitrogens with zero attached hydrogens (tertiary/aromatic N) is 4. The summed E-state index contributed by atoms with van der Waals surface area (Å²) >= 11 is 0. The van der Waals surface area contributed by atoms with Gasteiger partial charge in [-0.3, -0.25) is 4.79 Å². The molecule has 44 heavy (non-hydrogen) atoms. The summed E-state index contributed by atoms with van der Waals surface area (Å²) in [6, 6.07) is 13.3. The number of phosphoric acid groups is 1. The Labute approximate surface area is 255 Å². The number of hydrogen-bond donors (Lipinski definition) is 2. The van der Waals surface area contributed by atoms with Crippen LogP contribution < -0.4 is 9.80 Å². The number of rotatable bonds is 8. The highest BCUT2D eigenvalue weighted by atomic mass is 31.2. The van der Waals surface area contributed by atoms with Crippen molar-refractivity contribution in [2.75, 3.05) is 56.8 Å². The van der Waals surface area contributed by atoms with Crippen LogP contribution >= 0.6 is 7.82 Å². The van der Waals surface area contributed by atoms with Crippen LogP contribution in [0.1, 0.15) is 36.1 Å². The maximum absolute atomic E-state index is 14.0. The Morgan fingerprint density at radius 1 is 1.05 bits per heavy atom. The first-order valence-electron chi connectivity index (χ1n) is 14.1. The van der Waals surface area contributed by atoms with Crippen molar-refractivity contribution in [3.63, 3.8) is 0 Å². The van der Waals surface area contributed by atoms with E-state index in [1.807, 2.05) is 44.3 Å². The average Bonchev–Trinajstić information content (AvgIpc) is 2.95. The molecule has 0 unspecified atom stereocenters. The van der Waals surface area contributed by atoms with Crippen LogP contribution in [0.2, 0.25) is 0 Å². The Morgan fingerprint density at radius 3 is 2.25 bits per heavy atom. The number of benzene rings is 2. The molecule has 2 N–H and O–H groups in total.